The molecule has 1 amide bonds. The number of quaternary nitrogens is 2. The number of carbonyl (C=O) groups is 1. The monoisotopic (exact) mass is 347 g/mol. The molecule has 1 aromatic carbocycles. The normalized spacial score (nSPS) is 27.0. The van der Waals surface area contributed by atoms with Gasteiger partial charge in [-0.25, -0.2) is 0 Å². The van der Waals surface area contributed by atoms with E-state index in [0.29, 0.717) is 12.6 Å². The van der Waals surface area contributed by atoms with Crippen molar-refractivity contribution in [2.45, 2.75) is 39.2 Å². The second-order valence-electron chi connectivity index (χ2n) is 7.67. The lowest BCUT2D eigenvalue weighted by Crippen LogP contribution is -3.28. The minimum atomic E-state index is 0.128. The number of anilines is 1. The minimum Gasteiger partial charge on any atom is -0.372 e. The molecule has 5 heteroatoms. The van der Waals surface area contributed by atoms with E-state index in [2.05, 4.69) is 25.2 Å². The fraction of sp³-hybridized carbons (Fsp3) is 0.650. The molecule has 3 N–H and O–H groups in total. The molecule has 0 bridgehead atoms. The molecule has 0 unspecified atom stereocenters. The summed E-state index contributed by atoms with van der Waals surface area (Å²) in [4.78, 5) is 15.4. The third-order valence-electron chi connectivity index (χ3n) is 5.74. The van der Waals surface area contributed by atoms with E-state index in [-0.39, 0.29) is 5.91 Å². The van der Waals surface area contributed by atoms with Crippen LogP contribution in [0.2, 0.25) is 0 Å². The van der Waals surface area contributed by atoms with Gasteiger partial charge in [0.1, 0.15) is 38.8 Å². The third kappa shape index (κ3) is 5.27. The minimum absolute atomic E-state index is 0.128. The Hall–Kier alpha value is -1.43. The summed E-state index contributed by atoms with van der Waals surface area (Å²) in [6, 6.07) is 6.07. The van der Waals surface area contributed by atoms with Crippen molar-refractivity contribution in [2.75, 3.05) is 51.2 Å². The lowest BCUT2D eigenvalue weighted by molar-refractivity contribution is -1.01. The highest BCUT2D eigenvalue weighted by atomic mass is 16.5. The quantitative estimate of drug-likeness (QED) is 0.679. The van der Waals surface area contributed by atoms with E-state index >= 15 is 0 Å². The number of carbonyl (C=O) groups excluding carboxylic acids is 1. The molecule has 1 atom stereocenters. The number of hydrogen-bond acceptors (Lipinski definition) is 2. The van der Waals surface area contributed by atoms with Crippen molar-refractivity contribution in [1.29, 1.82) is 0 Å². The summed E-state index contributed by atoms with van der Waals surface area (Å²) in [7, 11) is 0. The number of ether oxygens (including phenoxy) is 1. The van der Waals surface area contributed by atoms with Crippen molar-refractivity contribution in [2.24, 2.45) is 0 Å². The lowest BCUT2D eigenvalue weighted by Gasteiger charge is -2.32. The van der Waals surface area contributed by atoms with E-state index in [9.17, 15) is 4.79 Å². The van der Waals surface area contributed by atoms with Crippen molar-refractivity contribution < 1.29 is 19.3 Å². The molecule has 138 valence electrons. The second kappa shape index (κ2) is 8.79. The maximum absolute atomic E-state index is 12.4. The van der Waals surface area contributed by atoms with Crippen molar-refractivity contribution >= 4 is 11.6 Å². The predicted octanol–water partition coefficient (Wildman–Crippen LogP) is -0.406. The van der Waals surface area contributed by atoms with Crippen LogP contribution in [0.3, 0.4) is 0 Å². The van der Waals surface area contributed by atoms with Crippen molar-refractivity contribution in [3.8, 4) is 0 Å². The molecule has 2 aliphatic rings. The van der Waals surface area contributed by atoms with Gasteiger partial charge in [-0.3, -0.25) is 4.79 Å². The van der Waals surface area contributed by atoms with Crippen LogP contribution in [0.4, 0.5) is 5.69 Å². The molecule has 0 radical (unpaired) electrons. The number of rotatable bonds is 5. The van der Waals surface area contributed by atoms with Crippen LogP contribution in [-0.2, 0) is 9.53 Å². The molecule has 1 aromatic rings. The van der Waals surface area contributed by atoms with Gasteiger partial charge in [0.05, 0.1) is 0 Å². The van der Waals surface area contributed by atoms with Gasteiger partial charge in [-0.05, 0) is 50.3 Å². The van der Waals surface area contributed by atoms with Crippen LogP contribution in [-0.4, -0.2) is 57.9 Å². The summed E-state index contributed by atoms with van der Waals surface area (Å²) in [6.07, 6.45) is 4.21. The fourth-order valence-corrected chi connectivity index (χ4v) is 3.94. The van der Waals surface area contributed by atoms with Crippen molar-refractivity contribution in [3.63, 3.8) is 0 Å². The zero-order valence-corrected chi connectivity index (χ0v) is 15.7. The fourth-order valence-electron chi connectivity index (χ4n) is 3.94. The van der Waals surface area contributed by atoms with Gasteiger partial charge in [0.25, 0.3) is 5.91 Å². The summed E-state index contributed by atoms with van der Waals surface area (Å²) < 4.78 is 5.87. The first kappa shape index (κ1) is 18.4. The number of hydrogen-bond donors (Lipinski definition) is 3. The summed E-state index contributed by atoms with van der Waals surface area (Å²) in [5.74, 6) is 0.128. The predicted molar refractivity (Wildman–Crippen MR) is 99.3 cm³/mol. The molecule has 0 spiro atoms. The number of amides is 1. The van der Waals surface area contributed by atoms with Crippen molar-refractivity contribution in [1.82, 2.24) is 0 Å². The number of benzene rings is 1. The first-order valence-electron chi connectivity index (χ1n) is 9.76. The molecule has 2 aliphatic heterocycles. The Labute approximate surface area is 151 Å². The largest absolute Gasteiger partial charge is 0.372 e. The molecular formula is C20H33N3O2+2. The Bertz CT molecular complexity index is 576. The van der Waals surface area contributed by atoms with Gasteiger partial charge in [-0.1, -0.05) is 12.1 Å². The van der Waals surface area contributed by atoms with Crippen LogP contribution in [0.1, 0.15) is 30.4 Å². The zero-order chi connectivity index (χ0) is 17.6. The van der Waals surface area contributed by atoms with Crippen LogP contribution >= 0.6 is 0 Å². The highest BCUT2D eigenvalue weighted by molar-refractivity contribution is 5.92. The van der Waals surface area contributed by atoms with Crippen LogP contribution in [0.5, 0.6) is 0 Å². The Morgan fingerprint density at radius 1 is 1.16 bits per heavy atom. The van der Waals surface area contributed by atoms with E-state index in [1.165, 1.54) is 29.7 Å². The Balaban J connectivity index is 1.41. The molecule has 0 aliphatic carbocycles. The van der Waals surface area contributed by atoms with Gasteiger partial charge in [0, 0.05) is 12.3 Å². The molecule has 3 rings (SSSR count). The summed E-state index contributed by atoms with van der Waals surface area (Å²) in [6.45, 7) is 11.2. The molecular weight excluding hydrogens is 314 g/mol. The number of piperazine rings is 1. The third-order valence-corrected chi connectivity index (χ3v) is 5.74. The molecule has 0 aromatic heterocycles. The summed E-state index contributed by atoms with van der Waals surface area (Å²) >= 11 is 0. The van der Waals surface area contributed by atoms with Crippen LogP contribution in [0.25, 0.3) is 0 Å². The van der Waals surface area contributed by atoms with Gasteiger partial charge in [-0.15, -0.1) is 0 Å². The van der Waals surface area contributed by atoms with E-state index < -0.39 is 0 Å². The SMILES string of the molecule is Cc1cccc(NC(=O)C[NH+]2CC[NH+](C[C@@H]3CCCCO3)CC2)c1C. The van der Waals surface area contributed by atoms with Crippen molar-refractivity contribution in [3.05, 3.63) is 29.3 Å². The molecule has 5 nitrogen and oxygen atoms in total. The van der Waals surface area contributed by atoms with E-state index in [4.69, 9.17) is 4.74 Å². The van der Waals surface area contributed by atoms with Gasteiger partial charge in [0.2, 0.25) is 0 Å². The number of aryl methyl sites for hydroxylation is 1. The second-order valence-corrected chi connectivity index (χ2v) is 7.67. The van der Waals surface area contributed by atoms with Gasteiger partial charge < -0.3 is 19.9 Å². The van der Waals surface area contributed by atoms with E-state index in [0.717, 1.165) is 50.6 Å². The standard InChI is InChI=1S/C20H31N3O2/c1-16-6-5-8-19(17(16)2)21-20(24)15-23-11-9-22(10-12-23)14-18-7-3-4-13-25-18/h5-6,8,18H,3-4,7,9-15H2,1-2H3,(H,21,24)/p+2/t18-/m0/s1. The van der Waals surface area contributed by atoms with Gasteiger partial charge >= 0.3 is 0 Å². The molecule has 25 heavy (non-hydrogen) atoms. The molecule has 2 heterocycles. The van der Waals surface area contributed by atoms with Crippen LogP contribution in [0, 0.1) is 13.8 Å². The average molecular weight is 348 g/mol. The molecule has 0 saturated carbocycles. The topological polar surface area (TPSA) is 47.2 Å². The molecule has 2 fully saturated rings. The highest BCUT2D eigenvalue weighted by Gasteiger charge is 2.28. The number of nitrogens with one attached hydrogen (secondary N) is 3. The Kier molecular flexibility index (Phi) is 6.45. The van der Waals surface area contributed by atoms with Crippen LogP contribution in [0.15, 0.2) is 18.2 Å². The van der Waals surface area contributed by atoms with E-state index in [1.807, 2.05) is 12.1 Å². The Morgan fingerprint density at radius 2 is 1.92 bits per heavy atom. The highest BCUT2D eigenvalue weighted by Crippen LogP contribution is 2.17. The zero-order valence-electron chi connectivity index (χ0n) is 15.7. The van der Waals surface area contributed by atoms with Gasteiger partial charge in [0.15, 0.2) is 6.54 Å². The van der Waals surface area contributed by atoms with E-state index in [1.54, 1.807) is 4.90 Å². The lowest BCUT2D eigenvalue weighted by atomic mass is 10.1. The van der Waals surface area contributed by atoms with Crippen LogP contribution < -0.4 is 15.1 Å². The summed E-state index contributed by atoms with van der Waals surface area (Å²) in [5, 5.41) is 3.09. The summed E-state index contributed by atoms with van der Waals surface area (Å²) in [5.41, 5.74) is 3.32. The maximum atomic E-state index is 12.4. The Morgan fingerprint density at radius 3 is 2.64 bits per heavy atom. The smallest absolute Gasteiger partial charge is 0.279 e. The van der Waals surface area contributed by atoms with Gasteiger partial charge in [-0.2, -0.15) is 0 Å². The maximum Gasteiger partial charge on any atom is 0.279 e. The molecule has 2 saturated heterocycles. The first-order chi connectivity index (χ1) is 12.1. The average Bonchev–Trinajstić information content (AvgIpc) is 2.62. The first-order valence-corrected chi connectivity index (χ1v) is 9.76.